The van der Waals surface area contributed by atoms with Crippen molar-refractivity contribution in [2.75, 3.05) is 6.61 Å². The molecule has 0 aromatic heterocycles. The molecule has 1 N–H and O–H groups in total. The standard InChI is InChI=1S/C28H48.C7H14O.C3H8/c1-19(2)8-7-9-21(4)24-12-13-25-23-11-10-22-18-20(3)14-16-27(22,5)26(23)15-17-28(24,25)6;1-3-7(4-2)5-6-8;1-3-2/h10,19-21,23-26H,7-9,11-18H2,1-6H3;3,7-8H,1,4-6H2,2H3;3H2,1-2H3/t20-,21+,23?,24+,25?,26?,27-,28+;;/m0../s1. The van der Waals surface area contributed by atoms with Crippen molar-refractivity contribution < 1.29 is 5.11 Å². The average molecular weight is 543 g/mol. The van der Waals surface area contributed by atoms with Crippen LogP contribution in [0.25, 0.3) is 0 Å². The van der Waals surface area contributed by atoms with Gasteiger partial charge in [-0.05, 0) is 122 Å². The number of fused-ring (bicyclic) bond motifs is 5. The Bertz CT molecular complexity index is 735. The SMILES string of the molecule is C=CC(CC)CCO.CC(C)CCC[C@@H](C)[C@H]1CCC2C3CC=C4C[C@@H](C)CC[C@]4(C)C3CC[C@@]21C.CCC. The number of hydrogen-bond donors (Lipinski definition) is 1. The van der Waals surface area contributed by atoms with Crippen LogP contribution in [0.4, 0.5) is 0 Å². The Hall–Kier alpha value is -0.560. The van der Waals surface area contributed by atoms with Gasteiger partial charge in [0.1, 0.15) is 0 Å². The Morgan fingerprint density at radius 1 is 0.974 bits per heavy atom. The van der Waals surface area contributed by atoms with Gasteiger partial charge in [-0.2, -0.15) is 0 Å². The molecule has 1 nitrogen and oxygen atoms in total. The van der Waals surface area contributed by atoms with Crippen LogP contribution in [-0.2, 0) is 0 Å². The van der Waals surface area contributed by atoms with Crippen LogP contribution in [0.15, 0.2) is 24.3 Å². The van der Waals surface area contributed by atoms with Crippen molar-refractivity contribution in [3.05, 3.63) is 24.3 Å². The maximum absolute atomic E-state index is 8.45. The summed E-state index contributed by atoms with van der Waals surface area (Å²) in [4.78, 5) is 0. The fourth-order valence-electron chi connectivity index (χ4n) is 9.52. The molecule has 0 saturated heterocycles. The van der Waals surface area contributed by atoms with E-state index in [1.165, 1.54) is 77.0 Å². The monoisotopic (exact) mass is 543 g/mol. The van der Waals surface area contributed by atoms with E-state index in [2.05, 4.69) is 75.0 Å². The van der Waals surface area contributed by atoms with Gasteiger partial charge in [0.05, 0.1) is 0 Å². The Kier molecular flexibility index (Phi) is 14.4. The predicted octanol–water partition coefficient (Wildman–Crippen LogP) is 11.7. The summed E-state index contributed by atoms with van der Waals surface area (Å²) in [5.74, 6) is 7.24. The van der Waals surface area contributed by atoms with Gasteiger partial charge in [-0.15, -0.1) is 6.58 Å². The summed E-state index contributed by atoms with van der Waals surface area (Å²) in [6.07, 6.45) is 24.1. The van der Waals surface area contributed by atoms with E-state index in [1.807, 2.05) is 11.6 Å². The smallest absolute Gasteiger partial charge is 0.0436 e. The molecule has 3 saturated carbocycles. The zero-order valence-electron chi connectivity index (χ0n) is 28.0. The molecule has 1 heteroatoms. The quantitative estimate of drug-likeness (QED) is 0.287. The van der Waals surface area contributed by atoms with Crippen LogP contribution in [0.1, 0.15) is 152 Å². The molecule has 4 aliphatic rings. The topological polar surface area (TPSA) is 20.2 Å². The van der Waals surface area contributed by atoms with E-state index in [1.54, 1.807) is 0 Å². The Morgan fingerprint density at radius 2 is 1.67 bits per heavy atom. The number of allylic oxidation sites excluding steroid dienone is 3. The van der Waals surface area contributed by atoms with Gasteiger partial charge in [-0.25, -0.2) is 0 Å². The van der Waals surface area contributed by atoms with Gasteiger partial charge in [-0.3, -0.25) is 0 Å². The Labute approximate surface area is 246 Å². The average Bonchev–Trinajstić information content (AvgIpc) is 3.25. The Balaban J connectivity index is 0.000000413. The maximum Gasteiger partial charge on any atom is 0.0436 e. The van der Waals surface area contributed by atoms with Crippen molar-refractivity contribution in [1.29, 1.82) is 0 Å². The molecule has 0 heterocycles. The van der Waals surface area contributed by atoms with E-state index in [0.29, 0.717) is 16.7 Å². The molecule has 0 radical (unpaired) electrons. The normalized spacial score (nSPS) is 36.6. The summed E-state index contributed by atoms with van der Waals surface area (Å²) in [7, 11) is 0. The molecule has 0 amide bonds. The summed E-state index contributed by atoms with van der Waals surface area (Å²) < 4.78 is 0. The first-order valence-electron chi connectivity index (χ1n) is 17.4. The second-order valence-corrected chi connectivity index (χ2v) is 15.3. The minimum absolute atomic E-state index is 0.282. The molecule has 9 atom stereocenters. The fourth-order valence-corrected chi connectivity index (χ4v) is 9.52. The van der Waals surface area contributed by atoms with Crippen LogP contribution in [0.3, 0.4) is 0 Å². The summed E-state index contributed by atoms with van der Waals surface area (Å²) in [6, 6.07) is 0. The Morgan fingerprint density at radius 3 is 2.23 bits per heavy atom. The molecule has 3 fully saturated rings. The first-order chi connectivity index (χ1) is 18.5. The van der Waals surface area contributed by atoms with Crippen molar-refractivity contribution in [2.45, 2.75) is 152 Å². The summed E-state index contributed by atoms with van der Waals surface area (Å²) in [5.41, 5.74) is 3.06. The molecule has 4 unspecified atom stereocenters. The van der Waals surface area contributed by atoms with E-state index in [9.17, 15) is 0 Å². The van der Waals surface area contributed by atoms with E-state index < -0.39 is 0 Å². The molecular weight excluding hydrogens is 472 g/mol. The first-order valence-corrected chi connectivity index (χ1v) is 17.4. The molecule has 39 heavy (non-hydrogen) atoms. The summed E-state index contributed by atoms with van der Waals surface area (Å²) in [6.45, 7) is 25.5. The summed E-state index contributed by atoms with van der Waals surface area (Å²) in [5, 5.41) is 8.45. The molecule has 0 spiro atoms. The third-order valence-electron chi connectivity index (χ3n) is 11.9. The van der Waals surface area contributed by atoms with Crippen LogP contribution in [-0.4, -0.2) is 11.7 Å². The number of rotatable bonds is 9. The van der Waals surface area contributed by atoms with Crippen LogP contribution >= 0.6 is 0 Å². The number of aliphatic hydroxyl groups is 1. The highest BCUT2D eigenvalue weighted by atomic mass is 16.3. The highest BCUT2D eigenvalue weighted by Gasteiger charge is 2.58. The lowest BCUT2D eigenvalue weighted by Gasteiger charge is -2.58. The van der Waals surface area contributed by atoms with Gasteiger partial charge in [0.15, 0.2) is 0 Å². The molecule has 0 bridgehead atoms. The van der Waals surface area contributed by atoms with Crippen molar-refractivity contribution in [2.24, 2.45) is 58.2 Å². The number of hydrogen-bond acceptors (Lipinski definition) is 1. The largest absolute Gasteiger partial charge is 0.396 e. The van der Waals surface area contributed by atoms with Crippen molar-refractivity contribution in [3.63, 3.8) is 0 Å². The molecule has 0 aromatic carbocycles. The zero-order valence-corrected chi connectivity index (χ0v) is 28.0. The van der Waals surface area contributed by atoms with Gasteiger partial charge >= 0.3 is 0 Å². The van der Waals surface area contributed by atoms with Gasteiger partial charge < -0.3 is 5.11 Å². The van der Waals surface area contributed by atoms with Gasteiger partial charge in [0.25, 0.3) is 0 Å². The lowest BCUT2D eigenvalue weighted by molar-refractivity contribution is -0.0523. The van der Waals surface area contributed by atoms with Crippen LogP contribution < -0.4 is 0 Å². The molecule has 0 aromatic rings. The van der Waals surface area contributed by atoms with Crippen LogP contribution in [0, 0.1) is 58.2 Å². The molecule has 4 aliphatic carbocycles. The lowest BCUT2D eigenvalue weighted by Crippen LogP contribution is -2.50. The number of aliphatic hydroxyl groups excluding tert-OH is 1. The third-order valence-corrected chi connectivity index (χ3v) is 11.9. The summed E-state index contributed by atoms with van der Waals surface area (Å²) >= 11 is 0. The fraction of sp³-hybridized carbons (Fsp3) is 0.895. The lowest BCUT2D eigenvalue weighted by atomic mass is 9.46. The highest BCUT2D eigenvalue weighted by Crippen LogP contribution is 2.67. The van der Waals surface area contributed by atoms with E-state index >= 15 is 0 Å². The van der Waals surface area contributed by atoms with Crippen molar-refractivity contribution >= 4 is 0 Å². The van der Waals surface area contributed by atoms with Crippen molar-refractivity contribution in [3.8, 4) is 0 Å². The van der Waals surface area contributed by atoms with E-state index in [4.69, 9.17) is 5.11 Å². The second kappa shape index (κ2) is 16.2. The van der Waals surface area contributed by atoms with Gasteiger partial charge in [0.2, 0.25) is 0 Å². The maximum atomic E-state index is 8.45. The van der Waals surface area contributed by atoms with Crippen molar-refractivity contribution in [1.82, 2.24) is 0 Å². The zero-order chi connectivity index (χ0) is 29.2. The highest BCUT2D eigenvalue weighted by molar-refractivity contribution is 5.25. The predicted molar refractivity (Wildman–Crippen MR) is 174 cm³/mol. The minimum Gasteiger partial charge on any atom is -0.396 e. The molecule has 228 valence electrons. The second-order valence-electron chi connectivity index (χ2n) is 15.3. The van der Waals surface area contributed by atoms with Gasteiger partial charge in [0, 0.05) is 6.61 Å². The van der Waals surface area contributed by atoms with Crippen LogP contribution in [0.5, 0.6) is 0 Å². The molecular formula is C38H70O. The van der Waals surface area contributed by atoms with Gasteiger partial charge in [-0.1, -0.05) is 106 Å². The third kappa shape index (κ3) is 8.49. The minimum atomic E-state index is 0.282. The van der Waals surface area contributed by atoms with E-state index in [-0.39, 0.29) is 6.61 Å². The molecule has 0 aliphatic heterocycles. The molecule has 4 rings (SSSR count). The first kappa shape index (κ1) is 34.6. The van der Waals surface area contributed by atoms with E-state index in [0.717, 1.165) is 54.3 Å². The van der Waals surface area contributed by atoms with Crippen LogP contribution in [0.2, 0.25) is 0 Å².